The largest absolute Gasteiger partial charge is 0.677 e. The van der Waals surface area contributed by atoms with E-state index >= 15 is 0 Å². The zero-order chi connectivity index (χ0) is 26.8. The van der Waals surface area contributed by atoms with Crippen LogP contribution in [0.15, 0.2) is 102 Å². The van der Waals surface area contributed by atoms with Crippen molar-refractivity contribution < 1.29 is 8.63 Å². The summed E-state index contributed by atoms with van der Waals surface area (Å²) in [5.41, 5.74) is 6.05. The van der Waals surface area contributed by atoms with Crippen molar-refractivity contribution in [2.45, 2.75) is 20.8 Å². The average Bonchev–Trinajstić information content (AvgIpc) is 3.58. The number of aryl methyl sites for hydroxylation is 3. The van der Waals surface area contributed by atoms with Gasteiger partial charge in [0.25, 0.3) is 0 Å². The lowest BCUT2D eigenvalue weighted by molar-refractivity contribution is 0.628. The third-order valence-corrected chi connectivity index (χ3v) is 7.87. The molecule has 5 heteroatoms. The molecule has 0 unspecified atom stereocenters. The van der Waals surface area contributed by atoms with Gasteiger partial charge in [-0.1, -0.05) is 78.4 Å². The van der Waals surface area contributed by atoms with Gasteiger partial charge in [0.1, 0.15) is 0 Å². The molecule has 0 saturated heterocycles. The Labute approximate surface area is 225 Å². The highest BCUT2D eigenvalue weighted by Gasteiger charge is 2.26. The van der Waals surface area contributed by atoms with Crippen molar-refractivity contribution in [3.8, 4) is 0 Å². The van der Waals surface area contributed by atoms with Crippen molar-refractivity contribution in [2.24, 2.45) is 4.99 Å². The molecule has 0 spiro atoms. The number of hydrogen-bond donors (Lipinski definition) is 0. The van der Waals surface area contributed by atoms with E-state index in [1.807, 2.05) is 26.0 Å². The molecule has 2 nitrogen and oxygen atoms in total. The van der Waals surface area contributed by atoms with E-state index in [0.717, 1.165) is 75.2 Å². The second-order valence-corrected chi connectivity index (χ2v) is 10.4. The molecule has 0 saturated carbocycles. The summed E-state index contributed by atoms with van der Waals surface area (Å²) in [6, 6.07) is 28.7. The summed E-state index contributed by atoms with van der Waals surface area (Å²) >= 11 is 0. The maximum absolute atomic E-state index is 14.2. The Morgan fingerprint density at radius 2 is 1.44 bits per heavy atom. The minimum atomic E-state index is -2.66. The van der Waals surface area contributed by atoms with E-state index in [2.05, 4.69) is 73.7 Å². The molecule has 1 aliphatic heterocycles. The third-order valence-electron chi connectivity index (χ3n) is 7.87. The summed E-state index contributed by atoms with van der Waals surface area (Å²) in [5.74, 6) is 0. The fourth-order valence-corrected chi connectivity index (χ4v) is 6.38. The van der Waals surface area contributed by atoms with Gasteiger partial charge < -0.3 is 4.48 Å². The summed E-state index contributed by atoms with van der Waals surface area (Å²) in [6.45, 7) is 6.15. The molecule has 188 valence electrons. The fraction of sp³-hybridized carbons (Fsp3) is 0.0882. The average molecular weight is 510 g/mol. The van der Waals surface area contributed by atoms with Crippen LogP contribution in [-0.4, -0.2) is 11.9 Å². The number of halogens is 2. The SMILES string of the molecule is Cc1cc(C)c(/C(=C2\C=c3c(c4c5ccccc5ccc4c4ccccc34)=N2)c2cccn2B(F)F)c(C)c1. The Kier molecular flexibility index (Phi) is 5.31. The Balaban J connectivity index is 1.70. The van der Waals surface area contributed by atoms with Crippen LogP contribution >= 0.6 is 0 Å². The number of rotatable bonds is 3. The van der Waals surface area contributed by atoms with Gasteiger partial charge in [0, 0.05) is 21.9 Å². The van der Waals surface area contributed by atoms with Crippen molar-refractivity contribution in [3.63, 3.8) is 0 Å². The van der Waals surface area contributed by atoms with E-state index < -0.39 is 7.40 Å². The molecule has 5 aromatic carbocycles. The molecule has 1 aromatic heterocycles. The maximum atomic E-state index is 14.2. The first-order valence-electron chi connectivity index (χ1n) is 13.1. The summed E-state index contributed by atoms with van der Waals surface area (Å²) in [4.78, 5) is 5.28. The standard InChI is InChI=1S/C34H25BF2N2/c1-20-17-21(2)31(22(3)18-20)33(30-13-8-16-39(30)35(36)37)29-19-28-26-12-7-6-11-25(26)27-15-14-23-9-4-5-10-24(23)32(27)34(28)38-29/h4-19H,1-3H3/b33-29+. The molecule has 0 N–H and O–H groups in total. The Morgan fingerprint density at radius 1 is 0.744 bits per heavy atom. The zero-order valence-electron chi connectivity index (χ0n) is 22.0. The third kappa shape index (κ3) is 3.57. The molecule has 0 fully saturated rings. The van der Waals surface area contributed by atoms with E-state index in [1.54, 1.807) is 12.1 Å². The molecule has 0 radical (unpaired) electrons. The lowest BCUT2D eigenvalue weighted by atomic mass is 9.90. The van der Waals surface area contributed by atoms with Gasteiger partial charge in [-0.2, -0.15) is 0 Å². The van der Waals surface area contributed by atoms with Crippen molar-refractivity contribution in [1.82, 2.24) is 4.48 Å². The van der Waals surface area contributed by atoms with Crippen LogP contribution in [0.25, 0.3) is 44.0 Å². The zero-order valence-corrected chi connectivity index (χ0v) is 22.0. The van der Waals surface area contributed by atoms with E-state index in [4.69, 9.17) is 4.99 Å². The van der Waals surface area contributed by atoms with Crippen LogP contribution in [0, 0.1) is 20.8 Å². The van der Waals surface area contributed by atoms with Gasteiger partial charge in [0.05, 0.1) is 11.1 Å². The predicted octanol–water partition coefficient (Wildman–Crippen LogP) is 7.52. The summed E-state index contributed by atoms with van der Waals surface area (Å²) in [5, 5.41) is 8.70. The Hall–Kier alpha value is -4.51. The summed E-state index contributed by atoms with van der Waals surface area (Å²) in [7, 11) is -2.66. The van der Waals surface area contributed by atoms with Crippen LogP contribution in [0.1, 0.15) is 27.9 Å². The molecular weight excluding hydrogens is 485 g/mol. The van der Waals surface area contributed by atoms with Crippen LogP contribution in [0.2, 0.25) is 0 Å². The number of benzene rings is 5. The molecule has 6 aromatic rings. The smallest absolute Gasteiger partial charge is 0.332 e. The first kappa shape index (κ1) is 23.6. The minimum absolute atomic E-state index is 0.460. The van der Waals surface area contributed by atoms with Crippen LogP contribution in [0.4, 0.5) is 8.63 Å². The fourth-order valence-electron chi connectivity index (χ4n) is 6.38. The van der Waals surface area contributed by atoms with E-state index in [-0.39, 0.29) is 0 Å². The van der Waals surface area contributed by atoms with Crippen molar-refractivity contribution in [3.05, 3.63) is 135 Å². The van der Waals surface area contributed by atoms with Crippen LogP contribution in [0.5, 0.6) is 0 Å². The highest BCUT2D eigenvalue weighted by atomic mass is 19.2. The lowest BCUT2D eigenvalue weighted by Crippen LogP contribution is -2.23. The number of allylic oxidation sites excluding steroid dienone is 1. The first-order valence-corrected chi connectivity index (χ1v) is 13.1. The maximum Gasteiger partial charge on any atom is 0.677 e. The van der Waals surface area contributed by atoms with Crippen molar-refractivity contribution >= 4 is 51.4 Å². The Morgan fingerprint density at radius 3 is 2.18 bits per heavy atom. The monoisotopic (exact) mass is 510 g/mol. The van der Waals surface area contributed by atoms with Crippen LogP contribution < -0.4 is 10.6 Å². The van der Waals surface area contributed by atoms with Crippen LogP contribution in [0.3, 0.4) is 0 Å². The van der Waals surface area contributed by atoms with Gasteiger partial charge in [-0.15, -0.1) is 0 Å². The molecule has 0 amide bonds. The predicted molar refractivity (Wildman–Crippen MR) is 159 cm³/mol. The molecule has 0 atom stereocenters. The molecule has 0 bridgehead atoms. The van der Waals surface area contributed by atoms with Crippen LogP contribution in [-0.2, 0) is 0 Å². The summed E-state index contributed by atoms with van der Waals surface area (Å²) < 4.78 is 29.5. The van der Waals surface area contributed by atoms with Gasteiger partial charge in [0.15, 0.2) is 0 Å². The number of hydrogen-bond acceptors (Lipinski definition) is 1. The minimum Gasteiger partial charge on any atom is -0.332 e. The van der Waals surface area contributed by atoms with Gasteiger partial charge in [-0.25, -0.2) is 4.99 Å². The number of fused-ring (bicyclic) bond motifs is 8. The van der Waals surface area contributed by atoms with Gasteiger partial charge >= 0.3 is 7.40 Å². The lowest BCUT2D eigenvalue weighted by Gasteiger charge is -2.18. The van der Waals surface area contributed by atoms with Crippen molar-refractivity contribution in [1.29, 1.82) is 0 Å². The van der Waals surface area contributed by atoms with Gasteiger partial charge in [0.2, 0.25) is 0 Å². The number of aromatic nitrogens is 1. The molecule has 39 heavy (non-hydrogen) atoms. The quantitative estimate of drug-likeness (QED) is 0.173. The van der Waals surface area contributed by atoms with Crippen molar-refractivity contribution in [2.75, 3.05) is 0 Å². The van der Waals surface area contributed by atoms with Gasteiger partial charge in [-0.05, 0) is 88.8 Å². The summed E-state index contributed by atoms with van der Waals surface area (Å²) in [6.07, 6.45) is 3.54. The highest BCUT2D eigenvalue weighted by Crippen LogP contribution is 2.36. The highest BCUT2D eigenvalue weighted by molar-refractivity contribution is 6.41. The molecule has 2 heterocycles. The first-order chi connectivity index (χ1) is 18.9. The second-order valence-electron chi connectivity index (χ2n) is 10.4. The van der Waals surface area contributed by atoms with Gasteiger partial charge in [-0.3, -0.25) is 8.63 Å². The molecule has 0 aliphatic carbocycles. The van der Waals surface area contributed by atoms with E-state index in [1.165, 1.54) is 6.20 Å². The van der Waals surface area contributed by atoms with E-state index in [9.17, 15) is 8.63 Å². The normalized spacial score (nSPS) is 14.0. The number of nitrogens with zero attached hydrogens (tertiary/aromatic N) is 2. The topological polar surface area (TPSA) is 17.3 Å². The van der Waals surface area contributed by atoms with E-state index in [0.29, 0.717) is 11.4 Å². The Bertz CT molecular complexity index is 2110. The molecule has 1 aliphatic rings. The molecular formula is C34H25BF2N2. The molecule has 7 rings (SSSR count). The second kappa shape index (κ2) is 8.77.